The number of carbonyl (C=O) groups excluding carboxylic acids is 1. The molecule has 6 heteroatoms. The highest BCUT2D eigenvalue weighted by atomic mass is 16.2. The first-order valence-corrected chi connectivity index (χ1v) is 8.73. The quantitative estimate of drug-likeness (QED) is 0.785. The number of pyridine rings is 2. The van der Waals surface area contributed by atoms with Crippen LogP contribution in [0.15, 0.2) is 59.7 Å². The fourth-order valence-electron chi connectivity index (χ4n) is 3.35. The van der Waals surface area contributed by atoms with E-state index in [2.05, 4.69) is 14.9 Å². The lowest BCUT2D eigenvalue weighted by atomic mass is 10.1. The Hall–Kier alpha value is -2.99. The van der Waals surface area contributed by atoms with Gasteiger partial charge in [-0.2, -0.15) is 0 Å². The lowest BCUT2D eigenvalue weighted by molar-refractivity contribution is 0.0622. The van der Waals surface area contributed by atoms with Crippen LogP contribution >= 0.6 is 0 Å². The molecule has 4 rings (SSSR count). The lowest BCUT2D eigenvalue weighted by Crippen LogP contribution is -2.48. The van der Waals surface area contributed by atoms with Crippen molar-refractivity contribution >= 4 is 16.7 Å². The minimum Gasteiger partial charge on any atom is -0.335 e. The van der Waals surface area contributed by atoms with Gasteiger partial charge in [-0.25, -0.2) is 0 Å². The zero-order valence-electron chi connectivity index (χ0n) is 14.4. The van der Waals surface area contributed by atoms with Crippen LogP contribution in [0, 0.1) is 0 Å². The van der Waals surface area contributed by atoms with Crippen molar-refractivity contribution in [3.05, 3.63) is 76.5 Å². The average Bonchev–Trinajstić information content (AvgIpc) is 2.69. The molecule has 3 heterocycles. The Morgan fingerprint density at radius 2 is 1.77 bits per heavy atom. The van der Waals surface area contributed by atoms with E-state index in [1.165, 1.54) is 5.56 Å². The SMILES string of the molecule is O=C(c1cc2ccccc2c(=O)[nH]1)N1CCN(Cc2ccncc2)CC1. The Morgan fingerprint density at radius 3 is 2.54 bits per heavy atom. The standard InChI is InChI=1S/C20H20N4O2/c25-19-17-4-2-1-3-16(17)13-18(22-19)20(26)24-11-9-23(10-12-24)14-15-5-7-21-8-6-15/h1-8,13H,9-12,14H2,(H,22,25). The van der Waals surface area contributed by atoms with Crippen LogP contribution in [-0.4, -0.2) is 51.9 Å². The topological polar surface area (TPSA) is 69.3 Å². The maximum absolute atomic E-state index is 12.8. The summed E-state index contributed by atoms with van der Waals surface area (Å²) in [5.41, 5.74) is 1.36. The van der Waals surface area contributed by atoms with Gasteiger partial charge in [0.1, 0.15) is 5.69 Å². The Labute approximate surface area is 151 Å². The van der Waals surface area contributed by atoms with Gasteiger partial charge in [-0.3, -0.25) is 19.5 Å². The summed E-state index contributed by atoms with van der Waals surface area (Å²) in [4.78, 5) is 35.9. The third kappa shape index (κ3) is 3.36. The molecule has 6 nitrogen and oxygen atoms in total. The normalized spacial score (nSPS) is 15.3. The molecule has 0 unspecified atom stereocenters. The number of hydrogen-bond donors (Lipinski definition) is 1. The number of amides is 1. The van der Waals surface area contributed by atoms with Crippen LogP contribution in [0.25, 0.3) is 10.8 Å². The van der Waals surface area contributed by atoms with Gasteiger partial charge in [0.25, 0.3) is 11.5 Å². The zero-order valence-corrected chi connectivity index (χ0v) is 14.4. The van der Waals surface area contributed by atoms with Gasteiger partial charge in [0, 0.05) is 50.5 Å². The molecule has 0 atom stereocenters. The highest BCUT2D eigenvalue weighted by Gasteiger charge is 2.23. The second-order valence-corrected chi connectivity index (χ2v) is 6.52. The van der Waals surface area contributed by atoms with Gasteiger partial charge in [0.05, 0.1) is 0 Å². The second kappa shape index (κ2) is 7.09. The van der Waals surface area contributed by atoms with Gasteiger partial charge < -0.3 is 9.88 Å². The first-order chi connectivity index (χ1) is 12.7. The summed E-state index contributed by atoms with van der Waals surface area (Å²) >= 11 is 0. The highest BCUT2D eigenvalue weighted by molar-refractivity contribution is 5.96. The van der Waals surface area contributed by atoms with E-state index >= 15 is 0 Å². The van der Waals surface area contributed by atoms with Crippen LogP contribution in [0.5, 0.6) is 0 Å². The minimum atomic E-state index is -0.220. The number of piperazine rings is 1. The average molecular weight is 348 g/mol. The number of benzene rings is 1. The molecule has 2 aromatic heterocycles. The molecule has 1 N–H and O–H groups in total. The summed E-state index contributed by atoms with van der Waals surface area (Å²) in [5.74, 6) is -0.114. The van der Waals surface area contributed by atoms with Gasteiger partial charge in [-0.05, 0) is 35.2 Å². The van der Waals surface area contributed by atoms with Crippen LogP contribution in [0.2, 0.25) is 0 Å². The summed E-state index contributed by atoms with van der Waals surface area (Å²) in [5, 5.41) is 1.39. The van der Waals surface area contributed by atoms with Crippen molar-refractivity contribution in [2.24, 2.45) is 0 Å². The second-order valence-electron chi connectivity index (χ2n) is 6.52. The Balaban J connectivity index is 1.44. The summed E-state index contributed by atoms with van der Waals surface area (Å²) in [6, 6.07) is 13.1. The van der Waals surface area contributed by atoms with Crippen molar-refractivity contribution < 1.29 is 4.79 Å². The predicted molar refractivity (Wildman–Crippen MR) is 100.0 cm³/mol. The number of aromatic nitrogens is 2. The van der Waals surface area contributed by atoms with Crippen molar-refractivity contribution in [3.8, 4) is 0 Å². The molecule has 132 valence electrons. The van der Waals surface area contributed by atoms with Crippen molar-refractivity contribution in [2.75, 3.05) is 26.2 Å². The Bertz CT molecular complexity index is 976. The summed E-state index contributed by atoms with van der Waals surface area (Å²) < 4.78 is 0. The monoisotopic (exact) mass is 348 g/mol. The summed E-state index contributed by atoms with van der Waals surface area (Å²) in [6.07, 6.45) is 3.59. The third-order valence-corrected chi connectivity index (χ3v) is 4.80. The zero-order chi connectivity index (χ0) is 17.9. The van der Waals surface area contributed by atoms with E-state index in [9.17, 15) is 9.59 Å². The number of aromatic amines is 1. The first-order valence-electron chi connectivity index (χ1n) is 8.73. The fourth-order valence-corrected chi connectivity index (χ4v) is 3.35. The molecular formula is C20H20N4O2. The largest absolute Gasteiger partial charge is 0.335 e. The minimum absolute atomic E-state index is 0.114. The van der Waals surface area contributed by atoms with E-state index in [0.29, 0.717) is 24.2 Å². The van der Waals surface area contributed by atoms with Crippen LogP contribution < -0.4 is 5.56 Å². The van der Waals surface area contributed by atoms with Crippen LogP contribution in [0.4, 0.5) is 0 Å². The van der Waals surface area contributed by atoms with Crippen LogP contribution in [0.1, 0.15) is 16.1 Å². The third-order valence-electron chi connectivity index (χ3n) is 4.80. The van der Waals surface area contributed by atoms with Crippen molar-refractivity contribution in [1.29, 1.82) is 0 Å². The van der Waals surface area contributed by atoms with E-state index in [-0.39, 0.29) is 11.5 Å². The Kier molecular flexibility index (Phi) is 4.50. The molecule has 3 aromatic rings. The molecule has 0 bridgehead atoms. The number of fused-ring (bicyclic) bond motifs is 1. The molecule has 1 saturated heterocycles. The van der Waals surface area contributed by atoms with Crippen LogP contribution in [0.3, 0.4) is 0 Å². The van der Waals surface area contributed by atoms with E-state index in [1.54, 1.807) is 24.5 Å². The molecule has 0 spiro atoms. The van der Waals surface area contributed by atoms with Gasteiger partial charge in [0.2, 0.25) is 0 Å². The smallest absolute Gasteiger partial charge is 0.270 e. The Morgan fingerprint density at radius 1 is 1.04 bits per heavy atom. The van der Waals surface area contributed by atoms with Crippen molar-refractivity contribution in [2.45, 2.75) is 6.54 Å². The molecule has 1 fully saturated rings. The molecule has 0 radical (unpaired) electrons. The van der Waals surface area contributed by atoms with E-state index in [1.807, 2.05) is 35.2 Å². The molecule has 0 aliphatic carbocycles. The number of carbonyl (C=O) groups is 1. The first kappa shape index (κ1) is 16.5. The van der Waals surface area contributed by atoms with Crippen LogP contribution in [-0.2, 0) is 6.54 Å². The summed E-state index contributed by atoms with van der Waals surface area (Å²) in [6.45, 7) is 3.78. The van der Waals surface area contributed by atoms with Gasteiger partial charge in [0.15, 0.2) is 0 Å². The maximum Gasteiger partial charge on any atom is 0.270 e. The van der Waals surface area contributed by atoms with Gasteiger partial charge >= 0.3 is 0 Å². The van der Waals surface area contributed by atoms with E-state index in [0.717, 1.165) is 25.0 Å². The number of rotatable bonds is 3. The fraction of sp³-hybridized carbons (Fsp3) is 0.250. The number of nitrogens with zero attached hydrogens (tertiary/aromatic N) is 3. The van der Waals surface area contributed by atoms with E-state index in [4.69, 9.17) is 0 Å². The highest BCUT2D eigenvalue weighted by Crippen LogP contribution is 2.13. The molecule has 1 amide bonds. The maximum atomic E-state index is 12.8. The molecule has 26 heavy (non-hydrogen) atoms. The molecule has 1 aliphatic heterocycles. The molecule has 1 aliphatic rings. The number of nitrogens with one attached hydrogen (secondary N) is 1. The van der Waals surface area contributed by atoms with Crippen molar-refractivity contribution in [1.82, 2.24) is 19.8 Å². The van der Waals surface area contributed by atoms with E-state index < -0.39 is 0 Å². The molecular weight excluding hydrogens is 328 g/mol. The predicted octanol–water partition coefficient (Wildman–Crippen LogP) is 1.88. The molecule has 0 saturated carbocycles. The molecule has 1 aromatic carbocycles. The van der Waals surface area contributed by atoms with Gasteiger partial charge in [-0.15, -0.1) is 0 Å². The van der Waals surface area contributed by atoms with Crippen molar-refractivity contribution in [3.63, 3.8) is 0 Å². The number of H-pyrrole nitrogens is 1. The lowest BCUT2D eigenvalue weighted by Gasteiger charge is -2.34. The summed E-state index contributed by atoms with van der Waals surface area (Å²) in [7, 11) is 0. The number of hydrogen-bond acceptors (Lipinski definition) is 4. The van der Waals surface area contributed by atoms with Gasteiger partial charge in [-0.1, -0.05) is 18.2 Å².